The maximum Gasteiger partial charge on any atom is 0.272 e. The molecule has 1 aliphatic heterocycles. The molecule has 1 fully saturated rings. The third-order valence-electron chi connectivity index (χ3n) is 5.32. The van der Waals surface area contributed by atoms with Crippen molar-refractivity contribution in [1.82, 2.24) is 9.88 Å². The number of anilines is 2. The molecule has 0 aliphatic carbocycles. The molecule has 0 spiro atoms. The van der Waals surface area contributed by atoms with Gasteiger partial charge in [-0.2, -0.15) is 0 Å². The van der Waals surface area contributed by atoms with Gasteiger partial charge in [-0.05, 0) is 49.2 Å². The zero-order chi connectivity index (χ0) is 20.6. The number of methoxy groups -OCH3 is 1. The van der Waals surface area contributed by atoms with Gasteiger partial charge in [-0.3, -0.25) is 4.79 Å². The lowest BCUT2D eigenvalue weighted by Gasteiger charge is -2.36. The van der Waals surface area contributed by atoms with Crippen molar-refractivity contribution in [3.05, 3.63) is 48.3 Å². The molecule has 156 valence electrons. The Kier molecular flexibility index (Phi) is 7.33. The molecule has 6 heteroatoms. The molecule has 6 nitrogen and oxygen atoms in total. The number of carbonyl (C=O) groups excluding carboxylic acids is 1. The van der Waals surface area contributed by atoms with Gasteiger partial charge < -0.3 is 19.4 Å². The number of benzene rings is 1. The van der Waals surface area contributed by atoms with Crippen LogP contribution in [0.15, 0.2) is 42.6 Å². The van der Waals surface area contributed by atoms with Crippen LogP contribution in [0.25, 0.3) is 0 Å². The van der Waals surface area contributed by atoms with Gasteiger partial charge in [-0.15, -0.1) is 0 Å². The van der Waals surface area contributed by atoms with E-state index >= 15 is 0 Å². The monoisotopic (exact) mass is 396 g/mol. The predicted octanol–water partition coefficient (Wildman–Crippen LogP) is 3.68. The van der Waals surface area contributed by atoms with E-state index in [0.717, 1.165) is 56.1 Å². The third-order valence-corrected chi connectivity index (χ3v) is 5.32. The zero-order valence-electron chi connectivity index (χ0n) is 17.8. The summed E-state index contributed by atoms with van der Waals surface area (Å²) < 4.78 is 5.22. The summed E-state index contributed by atoms with van der Waals surface area (Å²) in [7, 11) is 1.67. The fourth-order valence-electron chi connectivity index (χ4n) is 3.73. The highest BCUT2D eigenvalue weighted by Gasteiger charge is 2.23. The quantitative estimate of drug-likeness (QED) is 0.681. The third kappa shape index (κ3) is 5.19. The van der Waals surface area contributed by atoms with E-state index in [9.17, 15) is 4.79 Å². The van der Waals surface area contributed by atoms with Crippen LogP contribution >= 0.6 is 0 Å². The molecular weight excluding hydrogens is 364 g/mol. The number of pyridine rings is 1. The van der Waals surface area contributed by atoms with Crippen LogP contribution in [0.5, 0.6) is 5.75 Å². The number of nitrogens with zero attached hydrogens (tertiary/aromatic N) is 4. The zero-order valence-corrected chi connectivity index (χ0v) is 17.8. The normalized spacial score (nSPS) is 14.0. The first-order valence-electron chi connectivity index (χ1n) is 10.6. The molecule has 2 heterocycles. The van der Waals surface area contributed by atoms with Crippen molar-refractivity contribution in [1.29, 1.82) is 0 Å². The highest BCUT2D eigenvalue weighted by molar-refractivity contribution is 5.92. The molecule has 1 aromatic heterocycles. The largest absolute Gasteiger partial charge is 0.497 e. The Bertz CT molecular complexity index is 762. The van der Waals surface area contributed by atoms with E-state index in [1.165, 1.54) is 0 Å². The summed E-state index contributed by atoms with van der Waals surface area (Å²) in [5.74, 6) is 0.872. The second-order valence-corrected chi connectivity index (χ2v) is 7.37. The predicted molar refractivity (Wildman–Crippen MR) is 118 cm³/mol. The van der Waals surface area contributed by atoms with Gasteiger partial charge in [-0.1, -0.05) is 13.8 Å². The van der Waals surface area contributed by atoms with Gasteiger partial charge in [0.2, 0.25) is 0 Å². The second kappa shape index (κ2) is 10.1. The molecule has 0 bridgehead atoms. The summed E-state index contributed by atoms with van der Waals surface area (Å²) in [5, 5.41) is 0. The average molecular weight is 397 g/mol. The molecule has 0 atom stereocenters. The van der Waals surface area contributed by atoms with Crippen LogP contribution < -0.4 is 14.5 Å². The topological polar surface area (TPSA) is 48.9 Å². The van der Waals surface area contributed by atoms with Crippen LogP contribution in [0.3, 0.4) is 0 Å². The lowest BCUT2D eigenvalue weighted by atomic mass is 10.2. The van der Waals surface area contributed by atoms with Gasteiger partial charge in [0.25, 0.3) is 5.91 Å². The molecule has 0 unspecified atom stereocenters. The minimum Gasteiger partial charge on any atom is -0.497 e. The van der Waals surface area contributed by atoms with Crippen molar-refractivity contribution >= 4 is 17.3 Å². The lowest BCUT2D eigenvalue weighted by Crippen LogP contribution is -2.49. The van der Waals surface area contributed by atoms with Crippen LogP contribution in [0.4, 0.5) is 11.4 Å². The smallest absolute Gasteiger partial charge is 0.272 e. The summed E-state index contributed by atoms with van der Waals surface area (Å²) in [6, 6.07) is 12.0. The number of ether oxygens (including phenoxy) is 1. The Balaban J connectivity index is 1.58. The number of carbonyl (C=O) groups is 1. The molecule has 29 heavy (non-hydrogen) atoms. The van der Waals surface area contributed by atoms with Crippen molar-refractivity contribution in [2.45, 2.75) is 26.7 Å². The van der Waals surface area contributed by atoms with E-state index in [2.05, 4.69) is 40.8 Å². The molecule has 2 aromatic rings. The fraction of sp³-hybridized carbons (Fsp3) is 0.478. The number of aromatic nitrogens is 1. The van der Waals surface area contributed by atoms with E-state index < -0.39 is 0 Å². The number of hydrogen-bond acceptors (Lipinski definition) is 5. The molecular formula is C23H32N4O2. The standard InChI is InChI=1S/C23H32N4O2/c1-4-12-25(13-5-2)20-8-11-22(24-18-20)23(28)27-16-14-26(15-17-27)19-6-9-21(29-3)10-7-19/h6-11,18H,4-5,12-17H2,1-3H3. The van der Waals surface area contributed by atoms with Crippen LogP contribution in [-0.2, 0) is 0 Å². The van der Waals surface area contributed by atoms with Gasteiger partial charge in [0, 0.05) is 45.0 Å². The average Bonchev–Trinajstić information content (AvgIpc) is 2.79. The first-order chi connectivity index (χ1) is 14.2. The molecule has 1 saturated heterocycles. The lowest BCUT2D eigenvalue weighted by molar-refractivity contribution is 0.0741. The number of piperazine rings is 1. The van der Waals surface area contributed by atoms with Crippen molar-refractivity contribution in [2.75, 3.05) is 56.2 Å². The Labute approximate surface area is 174 Å². The highest BCUT2D eigenvalue weighted by Crippen LogP contribution is 2.21. The first kappa shape index (κ1) is 21.0. The maximum absolute atomic E-state index is 12.9. The van der Waals surface area contributed by atoms with Crippen molar-refractivity contribution in [3.8, 4) is 5.75 Å². The van der Waals surface area contributed by atoms with E-state index in [0.29, 0.717) is 18.8 Å². The summed E-state index contributed by atoms with van der Waals surface area (Å²) in [4.78, 5) is 23.9. The Morgan fingerprint density at radius 2 is 1.66 bits per heavy atom. The Hall–Kier alpha value is -2.76. The van der Waals surface area contributed by atoms with Crippen LogP contribution in [0.2, 0.25) is 0 Å². The van der Waals surface area contributed by atoms with Gasteiger partial charge in [-0.25, -0.2) is 4.98 Å². The summed E-state index contributed by atoms with van der Waals surface area (Å²) in [5.41, 5.74) is 2.78. The van der Waals surface area contributed by atoms with Crippen molar-refractivity contribution in [2.24, 2.45) is 0 Å². The number of amides is 1. The van der Waals surface area contributed by atoms with Crippen molar-refractivity contribution < 1.29 is 9.53 Å². The van der Waals surface area contributed by atoms with Gasteiger partial charge in [0.05, 0.1) is 19.0 Å². The minimum absolute atomic E-state index is 0.0171. The van der Waals surface area contributed by atoms with Crippen LogP contribution in [-0.4, -0.2) is 62.2 Å². The molecule has 1 aromatic carbocycles. The van der Waals surface area contributed by atoms with Gasteiger partial charge >= 0.3 is 0 Å². The minimum atomic E-state index is 0.0171. The molecule has 1 amide bonds. The SMILES string of the molecule is CCCN(CCC)c1ccc(C(=O)N2CCN(c3ccc(OC)cc3)CC2)nc1. The number of hydrogen-bond donors (Lipinski definition) is 0. The molecule has 1 aliphatic rings. The van der Waals surface area contributed by atoms with Gasteiger partial charge in [0.1, 0.15) is 11.4 Å². The second-order valence-electron chi connectivity index (χ2n) is 7.37. The van der Waals surface area contributed by atoms with E-state index in [1.807, 2.05) is 35.4 Å². The van der Waals surface area contributed by atoms with Crippen LogP contribution in [0.1, 0.15) is 37.2 Å². The first-order valence-corrected chi connectivity index (χ1v) is 10.6. The Morgan fingerprint density at radius 3 is 2.17 bits per heavy atom. The molecule has 0 radical (unpaired) electrons. The molecule has 0 saturated carbocycles. The van der Waals surface area contributed by atoms with E-state index in [-0.39, 0.29) is 5.91 Å². The number of rotatable bonds is 8. The fourth-order valence-corrected chi connectivity index (χ4v) is 3.73. The van der Waals surface area contributed by atoms with E-state index in [1.54, 1.807) is 7.11 Å². The maximum atomic E-state index is 12.9. The van der Waals surface area contributed by atoms with Gasteiger partial charge in [0.15, 0.2) is 0 Å². The summed E-state index contributed by atoms with van der Waals surface area (Å²) in [6.07, 6.45) is 4.03. The van der Waals surface area contributed by atoms with Crippen molar-refractivity contribution in [3.63, 3.8) is 0 Å². The highest BCUT2D eigenvalue weighted by atomic mass is 16.5. The molecule has 3 rings (SSSR count). The molecule has 0 N–H and O–H groups in total. The summed E-state index contributed by atoms with van der Waals surface area (Å²) >= 11 is 0. The van der Waals surface area contributed by atoms with E-state index in [4.69, 9.17) is 4.74 Å². The summed E-state index contributed by atoms with van der Waals surface area (Å²) in [6.45, 7) is 9.41. The van der Waals surface area contributed by atoms with Crippen LogP contribution in [0, 0.1) is 0 Å². The Morgan fingerprint density at radius 1 is 1.00 bits per heavy atom.